The molecule has 0 spiro atoms. The van der Waals surface area contributed by atoms with E-state index in [-0.39, 0.29) is 5.69 Å². The van der Waals surface area contributed by atoms with Gasteiger partial charge in [0.25, 0.3) is 0 Å². The molecule has 0 radical (unpaired) electrons. The maximum absolute atomic E-state index is 10.4. The lowest BCUT2D eigenvalue weighted by Crippen LogP contribution is -2.27. The minimum atomic E-state index is -0.509. The molecule has 7 heteroatoms. The van der Waals surface area contributed by atoms with E-state index in [1.54, 1.807) is 0 Å². The van der Waals surface area contributed by atoms with Crippen molar-refractivity contribution in [3.63, 3.8) is 0 Å². The van der Waals surface area contributed by atoms with Gasteiger partial charge in [-0.2, -0.15) is 0 Å². The van der Waals surface area contributed by atoms with Crippen molar-refractivity contribution in [1.29, 1.82) is 0 Å². The van der Waals surface area contributed by atoms with Crippen LogP contribution in [0.5, 0.6) is 0 Å². The van der Waals surface area contributed by atoms with Gasteiger partial charge >= 0.3 is 5.69 Å². The van der Waals surface area contributed by atoms with Gasteiger partial charge in [-0.1, -0.05) is 0 Å². The van der Waals surface area contributed by atoms with Gasteiger partial charge in [-0.05, 0) is 19.9 Å². The molecule has 17 heavy (non-hydrogen) atoms. The first-order valence-electron chi connectivity index (χ1n) is 5.57. The highest BCUT2D eigenvalue weighted by molar-refractivity contribution is 5.30. The molecule has 0 atom stereocenters. The summed E-state index contributed by atoms with van der Waals surface area (Å²) in [5, 5.41) is 13.4. The monoisotopic (exact) mass is 237 g/mol. The summed E-state index contributed by atoms with van der Waals surface area (Å²) >= 11 is 0. The number of rotatable bonds is 6. The Hall–Kier alpha value is -1.76. The van der Waals surface area contributed by atoms with Crippen LogP contribution in [0.25, 0.3) is 0 Å². The Labute approximate surface area is 99.0 Å². The van der Waals surface area contributed by atoms with Crippen LogP contribution in [0.1, 0.15) is 12.8 Å². The lowest BCUT2D eigenvalue weighted by Gasteiger charge is -2.15. The molecule has 7 nitrogen and oxygen atoms in total. The van der Waals surface area contributed by atoms with Gasteiger partial charge in [0.05, 0.1) is 4.92 Å². The lowest BCUT2D eigenvalue weighted by molar-refractivity contribution is -0.385. The zero-order valence-electron chi connectivity index (χ0n) is 9.67. The molecule has 1 saturated carbocycles. The van der Waals surface area contributed by atoms with Crippen molar-refractivity contribution in [2.45, 2.75) is 18.9 Å². The van der Waals surface area contributed by atoms with Crippen molar-refractivity contribution in [3.8, 4) is 0 Å². The number of anilines is 1. The van der Waals surface area contributed by atoms with Crippen molar-refractivity contribution < 1.29 is 4.92 Å². The summed E-state index contributed by atoms with van der Waals surface area (Å²) in [5.74, 6) is 0.430. The van der Waals surface area contributed by atoms with Gasteiger partial charge in [0, 0.05) is 19.1 Å². The minimum absolute atomic E-state index is 0.0920. The molecule has 92 valence electrons. The predicted molar refractivity (Wildman–Crippen MR) is 62.8 cm³/mol. The van der Waals surface area contributed by atoms with Gasteiger partial charge in [0.15, 0.2) is 0 Å². The second-order valence-electron chi connectivity index (χ2n) is 4.16. The normalized spacial score (nSPS) is 14.9. The Balaban J connectivity index is 1.76. The van der Waals surface area contributed by atoms with E-state index in [1.165, 1.54) is 25.2 Å². The summed E-state index contributed by atoms with van der Waals surface area (Å²) < 4.78 is 0. The fourth-order valence-corrected chi connectivity index (χ4v) is 1.55. The first-order chi connectivity index (χ1) is 8.16. The minimum Gasteiger partial charge on any atom is -0.353 e. The molecular weight excluding hydrogens is 222 g/mol. The average Bonchev–Trinajstić information content (AvgIpc) is 3.13. The van der Waals surface area contributed by atoms with Crippen LogP contribution in [-0.2, 0) is 0 Å². The average molecular weight is 237 g/mol. The van der Waals surface area contributed by atoms with E-state index in [0.29, 0.717) is 5.95 Å². The van der Waals surface area contributed by atoms with Crippen molar-refractivity contribution in [3.05, 3.63) is 22.5 Å². The number of hydrogen-bond acceptors (Lipinski definition) is 6. The largest absolute Gasteiger partial charge is 0.353 e. The van der Waals surface area contributed by atoms with Crippen molar-refractivity contribution >= 4 is 11.6 Å². The van der Waals surface area contributed by atoms with Gasteiger partial charge in [0.2, 0.25) is 5.95 Å². The maximum Gasteiger partial charge on any atom is 0.305 e. The van der Waals surface area contributed by atoms with E-state index in [9.17, 15) is 10.1 Å². The van der Waals surface area contributed by atoms with Gasteiger partial charge in [-0.15, -0.1) is 0 Å². The van der Waals surface area contributed by atoms with Crippen LogP contribution < -0.4 is 5.32 Å². The molecule has 1 heterocycles. The van der Waals surface area contributed by atoms with Crippen LogP contribution >= 0.6 is 0 Å². The summed E-state index contributed by atoms with van der Waals surface area (Å²) in [7, 11) is 2.09. The van der Waals surface area contributed by atoms with Gasteiger partial charge in [0.1, 0.15) is 12.4 Å². The molecule has 1 N–H and O–H groups in total. The van der Waals surface area contributed by atoms with E-state index >= 15 is 0 Å². The van der Waals surface area contributed by atoms with Crippen molar-refractivity contribution in [1.82, 2.24) is 14.9 Å². The van der Waals surface area contributed by atoms with E-state index in [2.05, 4.69) is 27.2 Å². The molecule has 0 amide bonds. The van der Waals surface area contributed by atoms with Crippen LogP contribution in [0.4, 0.5) is 11.6 Å². The number of hydrogen-bond donors (Lipinski definition) is 1. The molecule has 1 aliphatic rings. The van der Waals surface area contributed by atoms with Gasteiger partial charge in [-0.3, -0.25) is 10.1 Å². The van der Waals surface area contributed by atoms with Gasteiger partial charge in [-0.25, -0.2) is 9.97 Å². The molecule has 0 aromatic carbocycles. The highest BCUT2D eigenvalue weighted by Gasteiger charge is 2.25. The highest BCUT2D eigenvalue weighted by Crippen LogP contribution is 2.24. The highest BCUT2D eigenvalue weighted by atomic mass is 16.6. The third-order valence-corrected chi connectivity index (χ3v) is 2.77. The van der Waals surface area contributed by atoms with E-state index < -0.39 is 4.92 Å². The zero-order chi connectivity index (χ0) is 12.3. The molecule has 0 bridgehead atoms. The quantitative estimate of drug-likeness (QED) is 0.584. The Morgan fingerprint density at radius 2 is 2.18 bits per heavy atom. The van der Waals surface area contributed by atoms with Gasteiger partial charge < -0.3 is 10.2 Å². The molecule has 2 rings (SSSR count). The van der Waals surface area contributed by atoms with Crippen LogP contribution in [0, 0.1) is 10.1 Å². The molecule has 0 unspecified atom stereocenters. The zero-order valence-corrected chi connectivity index (χ0v) is 9.67. The maximum atomic E-state index is 10.4. The number of likely N-dealkylation sites (N-methyl/N-ethyl adjacent to an activating group) is 1. The van der Waals surface area contributed by atoms with E-state index in [0.717, 1.165) is 19.1 Å². The third-order valence-electron chi connectivity index (χ3n) is 2.77. The fraction of sp³-hybridized carbons (Fsp3) is 0.600. The lowest BCUT2D eigenvalue weighted by atomic mass is 10.5. The Morgan fingerprint density at radius 1 is 1.53 bits per heavy atom. The molecular formula is C10H15N5O2. The molecule has 1 fully saturated rings. The molecule has 1 aromatic rings. The molecule has 1 aromatic heterocycles. The second kappa shape index (κ2) is 5.05. The summed E-state index contributed by atoms with van der Waals surface area (Å²) in [6, 6.07) is 0.731. The number of nitrogens with zero attached hydrogens (tertiary/aromatic N) is 4. The number of nitrogens with one attached hydrogen (secondary N) is 1. The van der Waals surface area contributed by atoms with Crippen LogP contribution in [0.2, 0.25) is 0 Å². The Kier molecular flexibility index (Phi) is 3.48. The smallest absolute Gasteiger partial charge is 0.305 e. The summed E-state index contributed by atoms with van der Waals surface area (Å²) in [5.41, 5.74) is -0.0920. The summed E-state index contributed by atoms with van der Waals surface area (Å²) in [4.78, 5) is 19.9. The van der Waals surface area contributed by atoms with E-state index in [1.807, 2.05) is 0 Å². The van der Waals surface area contributed by atoms with Crippen LogP contribution in [-0.4, -0.2) is 46.0 Å². The van der Waals surface area contributed by atoms with Crippen LogP contribution in [0.3, 0.4) is 0 Å². The molecule has 1 aliphatic carbocycles. The van der Waals surface area contributed by atoms with E-state index in [4.69, 9.17) is 0 Å². The SMILES string of the molecule is CN(CCNc1ncc([N+](=O)[O-])cn1)C1CC1. The summed E-state index contributed by atoms with van der Waals surface area (Å²) in [6.07, 6.45) is 4.98. The number of nitro groups is 1. The topological polar surface area (TPSA) is 84.2 Å². The third kappa shape index (κ3) is 3.35. The first-order valence-corrected chi connectivity index (χ1v) is 5.57. The van der Waals surface area contributed by atoms with Crippen molar-refractivity contribution in [2.24, 2.45) is 0 Å². The molecule has 0 aliphatic heterocycles. The number of aromatic nitrogens is 2. The second-order valence-corrected chi connectivity index (χ2v) is 4.16. The Bertz CT molecular complexity index is 390. The predicted octanol–water partition coefficient (Wildman–Crippen LogP) is 0.891. The standard InChI is InChI=1S/C10H15N5O2/c1-14(8-2-3-8)5-4-11-10-12-6-9(7-13-10)15(16)17/h6-8H,2-5H2,1H3,(H,11,12,13). The first kappa shape index (κ1) is 11.7. The summed E-state index contributed by atoms with van der Waals surface area (Å²) in [6.45, 7) is 1.66. The fourth-order valence-electron chi connectivity index (χ4n) is 1.55. The Morgan fingerprint density at radius 3 is 2.71 bits per heavy atom. The molecule has 0 saturated heterocycles. The van der Waals surface area contributed by atoms with Crippen molar-refractivity contribution in [2.75, 3.05) is 25.5 Å². The van der Waals surface area contributed by atoms with Crippen LogP contribution in [0.15, 0.2) is 12.4 Å².